The zero-order valence-corrected chi connectivity index (χ0v) is 7.83. The summed E-state index contributed by atoms with van der Waals surface area (Å²) < 4.78 is 5.69. The van der Waals surface area contributed by atoms with Crippen LogP contribution in [0.5, 0.6) is 0 Å². The predicted octanol–water partition coefficient (Wildman–Crippen LogP) is 2.51. The smallest absolute Gasteiger partial charge is 0.110 e. The first-order valence-electron chi connectivity index (χ1n) is 3.94. The van der Waals surface area contributed by atoms with E-state index in [1.807, 2.05) is 11.8 Å². The lowest BCUT2D eigenvalue weighted by molar-refractivity contribution is 0.0116. The second-order valence-electron chi connectivity index (χ2n) is 3.21. The predicted molar refractivity (Wildman–Crippen MR) is 46.3 cm³/mol. The Balaban J connectivity index is 2.38. The van der Waals surface area contributed by atoms with E-state index in [1.165, 1.54) is 5.75 Å². The van der Waals surface area contributed by atoms with E-state index in [0.717, 1.165) is 18.9 Å². The lowest BCUT2D eigenvalue weighted by Crippen LogP contribution is -2.32. The van der Waals surface area contributed by atoms with Gasteiger partial charge in [0.1, 0.15) is 4.93 Å². The van der Waals surface area contributed by atoms with Crippen molar-refractivity contribution in [1.82, 2.24) is 0 Å². The molecule has 1 aliphatic rings. The maximum absolute atomic E-state index is 5.69. The van der Waals surface area contributed by atoms with Crippen molar-refractivity contribution in [2.45, 2.75) is 32.1 Å². The van der Waals surface area contributed by atoms with E-state index >= 15 is 0 Å². The van der Waals surface area contributed by atoms with Gasteiger partial charge in [-0.15, -0.1) is 11.8 Å². The van der Waals surface area contributed by atoms with Gasteiger partial charge in [0.2, 0.25) is 0 Å². The molecule has 1 rings (SSSR count). The molecular formula is C8H16OS. The summed E-state index contributed by atoms with van der Waals surface area (Å²) in [5.74, 6) is 1.99. The highest BCUT2D eigenvalue weighted by molar-refractivity contribution is 8.00. The Morgan fingerprint density at radius 3 is 2.80 bits per heavy atom. The lowest BCUT2D eigenvalue weighted by atomic mass is 10.2. The molecule has 1 heterocycles. The lowest BCUT2D eigenvalue weighted by Gasteiger charge is -2.35. The van der Waals surface area contributed by atoms with Crippen molar-refractivity contribution in [3.63, 3.8) is 0 Å². The molecule has 1 nitrogen and oxygen atoms in total. The molecule has 2 unspecified atom stereocenters. The molecule has 0 bridgehead atoms. The maximum Gasteiger partial charge on any atom is 0.110 e. The van der Waals surface area contributed by atoms with Crippen molar-refractivity contribution in [2.24, 2.45) is 5.92 Å². The minimum atomic E-state index is 0.118. The van der Waals surface area contributed by atoms with E-state index in [9.17, 15) is 0 Å². The standard InChI is InChI=1S/C8H16OS/c1-4-8(3)9-5-7(2)6-10-8/h7H,4-6H2,1-3H3. The summed E-state index contributed by atoms with van der Waals surface area (Å²) in [5.41, 5.74) is 0. The van der Waals surface area contributed by atoms with Crippen molar-refractivity contribution in [2.75, 3.05) is 12.4 Å². The Labute approximate surface area is 67.5 Å². The second-order valence-corrected chi connectivity index (χ2v) is 4.70. The van der Waals surface area contributed by atoms with Crippen molar-refractivity contribution in [1.29, 1.82) is 0 Å². The van der Waals surface area contributed by atoms with Crippen LogP contribution in [0.1, 0.15) is 27.2 Å². The molecule has 0 N–H and O–H groups in total. The molecule has 0 saturated carbocycles. The van der Waals surface area contributed by atoms with Gasteiger partial charge in [-0.05, 0) is 19.3 Å². The van der Waals surface area contributed by atoms with Gasteiger partial charge in [-0.1, -0.05) is 13.8 Å². The van der Waals surface area contributed by atoms with Gasteiger partial charge >= 0.3 is 0 Å². The Hall–Kier alpha value is 0.310. The minimum absolute atomic E-state index is 0.118. The van der Waals surface area contributed by atoms with Gasteiger partial charge in [-0.3, -0.25) is 0 Å². The van der Waals surface area contributed by atoms with E-state index in [1.54, 1.807) is 0 Å². The molecule has 0 radical (unpaired) electrons. The summed E-state index contributed by atoms with van der Waals surface area (Å²) in [5, 5.41) is 0. The number of hydrogen-bond acceptors (Lipinski definition) is 2. The Morgan fingerprint density at radius 2 is 2.40 bits per heavy atom. The fourth-order valence-corrected chi connectivity index (χ4v) is 2.02. The summed E-state index contributed by atoms with van der Waals surface area (Å²) in [6.07, 6.45) is 1.12. The third-order valence-electron chi connectivity index (χ3n) is 1.99. The zero-order chi connectivity index (χ0) is 7.61. The molecule has 0 spiro atoms. The van der Waals surface area contributed by atoms with Crippen LogP contribution in [-0.4, -0.2) is 17.3 Å². The van der Waals surface area contributed by atoms with E-state index in [0.29, 0.717) is 0 Å². The monoisotopic (exact) mass is 160 g/mol. The maximum atomic E-state index is 5.69. The molecule has 0 aromatic rings. The SMILES string of the molecule is CCC1(C)OCC(C)CS1. The van der Waals surface area contributed by atoms with Crippen molar-refractivity contribution in [3.05, 3.63) is 0 Å². The van der Waals surface area contributed by atoms with Gasteiger partial charge in [0, 0.05) is 5.75 Å². The van der Waals surface area contributed by atoms with Crippen molar-refractivity contribution >= 4 is 11.8 Å². The van der Waals surface area contributed by atoms with E-state index in [2.05, 4.69) is 20.8 Å². The van der Waals surface area contributed by atoms with Gasteiger partial charge in [-0.2, -0.15) is 0 Å². The Kier molecular flexibility index (Phi) is 2.64. The van der Waals surface area contributed by atoms with Crippen molar-refractivity contribution < 1.29 is 4.74 Å². The summed E-state index contributed by atoms with van der Waals surface area (Å²) >= 11 is 1.95. The fraction of sp³-hybridized carbons (Fsp3) is 1.00. The molecule has 1 saturated heterocycles. The van der Waals surface area contributed by atoms with Crippen LogP contribution < -0.4 is 0 Å². The van der Waals surface area contributed by atoms with Crippen LogP contribution >= 0.6 is 11.8 Å². The van der Waals surface area contributed by atoms with E-state index < -0.39 is 0 Å². The normalized spacial score (nSPS) is 41.7. The van der Waals surface area contributed by atoms with Gasteiger partial charge in [0.15, 0.2) is 0 Å². The fourth-order valence-electron chi connectivity index (χ4n) is 0.931. The molecule has 0 aromatic heterocycles. The van der Waals surface area contributed by atoms with E-state index in [4.69, 9.17) is 4.74 Å². The van der Waals surface area contributed by atoms with Crippen LogP contribution in [0.4, 0.5) is 0 Å². The number of thioether (sulfide) groups is 1. The first-order chi connectivity index (χ1) is 4.66. The third-order valence-corrected chi connectivity index (χ3v) is 3.74. The van der Waals surface area contributed by atoms with Crippen molar-refractivity contribution in [3.8, 4) is 0 Å². The largest absolute Gasteiger partial charge is 0.364 e. The number of ether oxygens (including phenoxy) is 1. The minimum Gasteiger partial charge on any atom is -0.364 e. The molecule has 2 atom stereocenters. The third kappa shape index (κ3) is 1.89. The molecule has 0 amide bonds. The van der Waals surface area contributed by atoms with Crippen LogP contribution in [0.25, 0.3) is 0 Å². The molecule has 60 valence electrons. The molecule has 10 heavy (non-hydrogen) atoms. The van der Waals surface area contributed by atoms with E-state index in [-0.39, 0.29) is 4.93 Å². The number of rotatable bonds is 1. The highest BCUT2D eigenvalue weighted by atomic mass is 32.2. The highest BCUT2D eigenvalue weighted by Crippen LogP contribution is 2.35. The summed E-state index contributed by atoms with van der Waals surface area (Å²) in [6, 6.07) is 0. The second kappa shape index (κ2) is 3.14. The molecule has 0 aliphatic carbocycles. The van der Waals surface area contributed by atoms with Gasteiger partial charge in [-0.25, -0.2) is 0 Å². The van der Waals surface area contributed by atoms with Gasteiger partial charge in [0.25, 0.3) is 0 Å². The highest BCUT2D eigenvalue weighted by Gasteiger charge is 2.28. The molecule has 0 aromatic carbocycles. The average Bonchev–Trinajstić information content (AvgIpc) is 1.96. The van der Waals surface area contributed by atoms with Crippen LogP contribution in [0.15, 0.2) is 0 Å². The molecule has 2 heteroatoms. The number of hydrogen-bond donors (Lipinski definition) is 0. The average molecular weight is 160 g/mol. The van der Waals surface area contributed by atoms with Crippen LogP contribution in [-0.2, 0) is 4.74 Å². The Bertz CT molecular complexity index is 106. The van der Waals surface area contributed by atoms with Gasteiger partial charge in [0.05, 0.1) is 6.61 Å². The quantitative estimate of drug-likeness (QED) is 0.583. The summed E-state index contributed by atoms with van der Waals surface area (Å²) in [6.45, 7) is 7.55. The van der Waals surface area contributed by atoms with Crippen LogP contribution in [0, 0.1) is 5.92 Å². The van der Waals surface area contributed by atoms with Crippen LogP contribution in [0.3, 0.4) is 0 Å². The summed E-state index contributed by atoms with van der Waals surface area (Å²) in [4.78, 5) is 0.118. The first kappa shape index (κ1) is 8.41. The Morgan fingerprint density at radius 1 is 1.70 bits per heavy atom. The molecule has 1 fully saturated rings. The van der Waals surface area contributed by atoms with Gasteiger partial charge < -0.3 is 4.74 Å². The first-order valence-corrected chi connectivity index (χ1v) is 4.93. The van der Waals surface area contributed by atoms with Crippen LogP contribution in [0.2, 0.25) is 0 Å². The molecular weight excluding hydrogens is 144 g/mol. The zero-order valence-electron chi connectivity index (χ0n) is 7.02. The summed E-state index contributed by atoms with van der Waals surface area (Å²) in [7, 11) is 0. The molecule has 1 aliphatic heterocycles. The topological polar surface area (TPSA) is 9.23 Å².